The maximum Gasteiger partial charge on any atom is 0.142 e. The van der Waals surface area contributed by atoms with Crippen LogP contribution in [0.3, 0.4) is 0 Å². The topological polar surface area (TPSA) is 39.1 Å². The molecule has 3 heteroatoms. The number of nitrogens with zero attached hydrogens (tertiary/aromatic N) is 2. The molecule has 3 nitrogen and oxygen atoms in total. The van der Waals surface area contributed by atoms with E-state index >= 15 is 0 Å². The van der Waals surface area contributed by atoms with Gasteiger partial charge in [0.05, 0.1) is 6.07 Å². The van der Waals surface area contributed by atoms with Gasteiger partial charge in [0, 0.05) is 18.3 Å². The van der Waals surface area contributed by atoms with Crippen LogP contribution in [0, 0.1) is 11.3 Å². The molecule has 2 aliphatic rings. The number of nitriles is 1. The molecule has 0 aliphatic carbocycles. The van der Waals surface area contributed by atoms with Crippen molar-refractivity contribution in [2.75, 3.05) is 18.4 Å². The van der Waals surface area contributed by atoms with E-state index in [1.807, 2.05) is 30.3 Å². The van der Waals surface area contributed by atoms with Crippen molar-refractivity contribution >= 4 is 5.69 Å². The highest BCUT2D eigenvalue weighted by Gasteiger charge is 2.49. The summed E-state index contributed by atoms with van der Waals surface area (Å²) in [5.74, 6) is 0. The third-order valence-corrected chi connectivity index (χ3v) is 4.07. The second-order valence-corrected chi connectivity index (χ2v) is 5.02. The Bertz CT molecular complexity index is 437. The number of hydrogen-bond donors (Lipinski definition) is 1. The number of nitrogens with one attached hydrogen (secondary N) is 1. The van der Waals surface area contributed by atoms with Gasteiger partial charge in [0.25, 0.3) is 0 Å². The SMILES string of the molecule is N#CC1(Nc2ccccc2)CCN2CCCC21. The molecule has 2 saturated heterocycles. The van der Waals surface area contributed by atoms with Gasteiger partial charge >= 0.3 is 0 Å². The number of rotatable bonds is 2. The van der Waals surface area contributed by atoms with Gasteiger partial charge in [-0.15, -0.1) is 0 Å². The van der Waals surface area contributed by atoms with Gasteiger partial charge in [-0.05, 0) is 37.9 Å². The van der Waals surface area contributed by atoms with E-state index in [2.05, 4.69) is 16.3 Å². The first-order chi connectivity index (χ1) is 8.34. The van der Waals surface area contributed by atoms with Crippen LogP contribution in [0.4, 0.5) is 5.69 Å². The van der Waals surface area contributed by atoms with Crippen molar-refractivity contribution in [2.24, 2.45) is 0 Å². The molecule has 88 valence electrons. The third-order valence-electron chi connectivity index (χ3n) is 4.07. The van der Waals surface area contributed by atoms with Gasteiger partial charge in [0.1, 0.15) is 5.54 Å². The molecular formula is C14H17N3. The molecule has 0 spiro atoms. The van der Waals surface area contributed by atoms with Crippen LogP contribution in [0.25, 0.3) is 0 Å². The van der Waals surface area contributed by atoms with Crippen molar-refractivity contribution in [3.63, 3.8) is 0 Å². The van der Waals surface area contributed by atoms with Crippen molar-refractivity contribution in [3.8, 4) is 6.07 Å². The molecule has 2 atom stereocenters. The highest BCUT2D eigenvalue weighted by molar-refractivity contribution is 5.49. The normalized spacial score (nSPS) is 32.1. The maximum absolute atomic E-state index is 9.59. The van der Waals surface area contributed by atoms with E-state index in [9.17, 15) is 5.26 Å². The molecule has 17 heavy (non-hydrogen) atoms. The fraction of sp³-hybridized carbons (Fsp3) is 0.500. The Labute approximate surface area is 102 Å². The summed E-state index contributed by atoms with van der Waals surface area (Å²) in [6.07, 6.45) is 3.31. The van der Waals surface area contributed by atoms with Crippen molar-refractivity contribution < 1.29 is 0 Å². The Hall–Kier alpha value is -1.53. The first-order valence-corrected chi connectivity index (χ1v) is 6.33. The van der Waals surface area contributed by atoms with Crippen molar-refractivity contribution in [1.29, 1.82) is 5.26 Å². The lowest BCUT2D eigenvalue weighted by atomic mass is 9.90. The van der Waals surface area contributed by atoms with E-state index < -0.39 is 0 Å². The molecule has 0 radical (unpaired) electrons. The molecule has 0 bridgehead atoms. The van der Waals surface area contributed by atoms with Gasteiger partial charge in [-0.25, -0.2) is 0 Å². The monoisotopic (exact) mass is 227 g/mol. The summed E-state index contributed by atoms with van der Waals surface area (Å²) in [4.78, 5) is 2.46. The molecule has 2 heterocycles. The molecule has 2 aliphatic heterocycles. The predicted molar refractivity (Wildman–Crippen MR) is 67.6 cm³/mol. The van der Waals surface area contributed by atoms with Crippen molar-refractivity contribution in [3.05, 3.63) is 30.3 Å². The van der Waals surface area contributed by atoms with Gasteiger partial charge in [0.15, 0.2) is 0 Å². The van der Waals surface area contributed by atoms with Crippen molar-refractivity contribution in [2.45, 2.75) is 30.8 Å². The standard InChI is InChI=1S/C14H17N3/c15-11-14(16-12-5-2-1-3-6-12)8-10-17-9-4-7-13(14)17/h1-3,5-6,13,16H,4,7-10H2. The second kappa shape index (κ2) is 4.05. The number of anilines is 1. The summed E-state index contributed by atoms with van der Waals surface area (Å²) in [7, 11) is 0. The van der Waals surface area contributed by atoms with Crippen LogP contribution in [-0.4, -0.2) is 29.6 Å². The van der Waals surface area contributed by atoms with Gasteiger partial charge < -0.3 is 5.32 Å². The van der Waals surface area contributed by atoms with Crippen LogP contribution < -0.4 is 5.32 Å². The molecule has 2 fully saturated rings. The first-order valence-electron chi connectivity index (χ1n) is 6.33. The Morgan fingerprint density at radius 3 is 2.88 bits per heavy atom. The Balaban J connectivity index is 1.86. The fourth-order valence-electron chi connectivity index (χ4n) is 3.22. The zero-order valence-corrected chi connectivity index (χ0v) is 9.89. The molecule has 2 unspecified atom stereocenters. The summed E-state index contributed by atoms with van der Waals surface area (Å²) in [6, 6.07) is 13.0. The minimum absolute atomic E-state index is 0.377. The van der Waals surface area contributed by atoms with Crippen LogP contribution in [0.15, 0.2) is 30.3 Å². The van der Waals surface area contributed by atoms with Crippen LogP contribution in [0.5, 0.6) is 0 Å². The molecule has 0 aromatic heterocycles. The molecule has 0 saturated carbocycles. The fourth-order valence-corrected chi connectivity index (χ4v) is 3.22. The quantitative estimate of drug-likeness (QED) is 0.842. The van der Waals surface area contributed by atoms with Gasteiger partial charge in [-0.1, -0.05) is 18.2 Å². The lowest BCUT2D eigenvalue weighted by Crippen LogP contribution is -2.46. The van der Waals surface area contributed by atoms with Crippen LogP contribution in [0.1, 0.15) is 19.3 Å². The summed E-state index contributed by atoms with van der Waals surface area (Å²) in [5.41, 5.74) is 0.681. The van der Waals surface area contributed by atoms with E-state index in [0.717, 1.165) is 31.6 Å². The van der Waals surface area contributed by atoms with E-state index in [1.54, 1.807) is 0 Å². The number of fused-ring (bicyclic) bond motifs is 1. The Morgan fingerprint density at radius 2 is 2.12 bits per heavy atom. The molecule has 3 rings (SSSR count). The minimum Gasteiger partial charge on any atom is -0.366 e. The van der Waals surface area contributed by atoms with E-state index in [4.69, 9.17) is 0 Å². The highest BCUT2D eigenvalue weighted by atomic mass is 15.3. The zero-order valence-electron chi connectivity index (χ0n) is 9.89. The second-order valence-electron chi connectivity index (χ2n) is 5.02. The van der Waals surface area contributed by atoms with Crippen molar-refractivity contribution in [1.82, 2.24) is 4.90 Å². The average molecular weight is 227 g/mol. The molecular weight excluding hydrogens is 210 g/mol. The summed E-state index contributed by atoms with van der Waals surface area (Å²) in [5, 5.41) is 13.1. The number of para-hydroxylation sites is 1. The molecule has 1 N–H and O–H groups in total. The lowest BCUT2D eigenvalue weighted by molar-refractivity contribution is 0.301. The number of benzene rings is 1. The Morgan fingerprint density at radius 1 is 1.29 bits per heavy atom. The lowest BCUT2D eigenvalue weighted by Gasteiger charge is -2.30. The number of hydrogen-bond acceptors (Lipinski definition) is 3. The largest absolute Gasteiger partial charge is 0.366 e. The summed E-state index contributed by atoms with van der Waals surface area (Å²) in [6.45, 7) is 2.21. The van der Waals surface area contributed by atoms with E-state index in [1.165, 1.54) is 6.42 Å². The smallest absolute Gasteiger partial charge is 0.142 e. The van der Waals surface area contributed by atoms with E-state index in [-0.39, 0.29) is 5.54 Å². The summed E-state index contributed by atoms with van der Waals surface area (Å²) >= 11 is 0. The highest BCUT2D eigenvalue weighted by Crippen LogP contribution is 2.37. The van der Waals surface area contributed by atoms with Gasteiger partial charge in [0.2, 0.25) is 0 Å². The summed E-state index contributed by atoms with van der Waals surface area (Å²) < 4.78 is 0. The van der Waals surface area contributed by atoms with E-state index in [0.29, 0.717) is 6.04 Å². The zero-order chi connectivity index (χ0) is 11.7. The molecule has 1 aromatic rings. The van der Waals surface area contributed by atoms with Crippen LogP contribution >= 0.6 is 0 Å². The van der Waals surface area contributed by atoms with Crippen LogP contribution in [0.2, 0.25) is 0 Å². The van der Waals surface area contributed by atoms with Gasteiger partial charge in [-0.3, -0.25) is 4.90 Å². The molecule has 1 aromatic carbocycles. The maximum atomic E-state index is 9.59. The first kappa shape index (κ1) is 10.6. The van der Waals surface area contributed by atoms with Gasteiger partial charge in [-0.2, -0.15) is 5.26 Å². The van der Waals surface area contributed by atoms with Crippen LogP contribution in [-0.2, 0) is 0 Å². The third kappa shape index (κ3) is 1.69. The Kier molecular flexibility index (Phi) is 2.53. The molecule has 0 amide bonds. The average Bonchev–Trinajstić information content (AvgIpc) is 2.95. The predicted octanol–water partition coefficient (Wildman–Crippen LogP) is 2.23. The minimum atomic E-state index is -0.377.